The van der Waals surface area contributed by atoms with Crippen molar-refractivity contribution in [1.82, 2.24) is 5.32 Å². The molecule has 192 valence electrons. The van der Waals surface area contributed by atoms with Gasteiger partial charge in [-0.15, -0.1) is 0 Å². The molecule has 9 heteroatoms. The summed E-state index contributed by atoms with van der Waals surface area (Å²) in [5.41, 5.74) is 7.69. The maximum atomic E-state index is 12.6. The first-order valence-corrected chi connectivity index (χ1v) is 11.6. The third kappa shape index (κ3) is 8.22. The highest BCUT2D eigenvalue weighted by Gasteiger charge is 2.27. The number of para-hydroxylation sites is 2. The molecule has 0 aromatic heterocycles. The van der Waals surface area contributed by atoms with Crippen molar-refractivity contribution in [3.05, 3.63) is 102 Å². The van der Waals surface area contributed by atoms with E-state index in [2.05, 4.69) is 10.6 Å². The second-order valence-corrected chi connectivity index (χ2v) is 8.07. The Morgan fingerprint density at radius 1 is 0.973 bits per heavy atom. The van der Waals surface area contributed by atoms with Gasteiger partial charge in [0.2, 0.25) is 5.91 Å². The van der Waals surface area contributed by atoms with Crippen LogP contribution in [-0.4, -0.2) is 36.2 Å². The van der Waals surface area contributed by atoms with E-state index in [0.29, 0.717) is 35.3 Å². The number of nitrogens with one attached hydrogen (secondary N) is 2. The molecule has 3 amide bonds. The number of ether oxygens (including phenoxy) is 2. The highest BCUT2D eigenvalue weighted by Crippen LogP contribution is 2.28. The number of hydrogen-bond acceptors (Lipinski definition) is 7. The Morgan fingerprint density at radius 2 is 1.65 bits per heavy atom. The number of amides is 3. The molecule has 0 aliphatic carbocycles. The molecular formula is C28H29N3O6. The van der Waals surface area contributed by atoms with Crippen molar-refractivity contribution < 1.29 is 29.0 Å². The molecular weight excluding hydrogens is 474 g/mol. The number of methoxy groups -OCH3 is 1. The molecule has 0 unspecified atom stereocenters. The van der Waals surface area contributed by atoms with E-state index in [9.17, 15) is 19.5 Å². The largest absolute Gasteiger partial charge is 0.508 e. The molecule has 0 spiro atoms. The zero-order valence-corrected chi connectivity index (χ0v) is 20.3. The Balaban J connectivity index is 1.64. The second kappa shape index (κ2) is 13.5. The van der Waals surface area contributed by atoms with Crippen molar-refractivity contribution in [3.63, 3.8) is 0 Å². The number of nitrogen functional groups attached to an aromatic ring is 1. The fourth-order valence-corrected chi connectivity index (χ4v) is 3.55. The van der Waals surface area contributed by atoms with Crippen LogP contribution in [0.5, 0.6) is 5.75 Å². The number of aromatic hydroxyl groups is 1. The minimum absolute atomic E-state index is 0.0492. The number of alkyl carbamates (subject to hydrolysis) is 1. The predicted molar refractivity (Wildman–Crippen MR) is 140 cm³/mol. The number of hydrogen-bond donors (Lipinski definition) is 4. The third-order valence-electron chi connectivity index (χ3n) is 5.45. The van der Waals surface area contributed by atoms with Crippen molar-refractivity contribution in [2.75, 3.05) is 18.2 Å². The molecule has 0 radical (unpaired) electrons. The molecule has 9 nitrogen and oxygen atoms in total. The van der Waals surface area contributed by atoms with Crippen LogP contribution in [0.4, 0.5) is 16.2 Å². The summed E-state index contributed by atoms with van der Waals surface area (Å²) >= 11 is 0. The van der Waals surface area contributed by atoms with E-state index in [1.165, 1.54) is 25.3 Å². The Bertz CT molecular complexity index is 1230. The van der Waals surface area contributed by atoms with Gasteiger partial charge in [-0.2, -0.15) is 0 Å². The van der Waals surface area contributed by atoms with Gasteiger partial charge in [-0.05, 0) is 60.9 Å². The molecule has 0 saturated carbocycles. The predicted octanol–water partition coefficient (Wildman–Crippen LogP) is 4.57. The number of phenols is 1. The van der Waals surface area contributed by atoms with Gasteiger partial charge in [-0.1, -0.05) is 48.5 Å². The van der Waals surface area contributed by atoms with Crippen molar-refractivity contribution in [2.45, 2.75) is 25.0 Å². The number of benzene rings is 3. The van der Waals surface area contributed by atoms with Crippen molar-refractivity contribution in [1.29, 1.82) is 0 Å². The lowest BCUT2D eigenvalue weighted by atomic mass is 10.00. The summed E-state index contributed by atoms with van der Waals surface area (Å²) in [5.74, 6) is -0.887. The van der Waals surface area contributed by atoms with E-state index in [-0.39, 0.29) is 11.7 Å². The zero-order valence-electron chi connectivity index (χ0n) is 20.3. The Morgan fingerprint density at radius 3 is 2.32 bits per heavy atom. The number of carbonyl (C=O) groups is 3. The smallest absolute Gasteiger partial charge is 0.414 e. The fraction of sp³-hybridized carbons (Fsp3) is 0.179. The van der Waals surface area contributed by atoms with Crippen LogP contribution in [0.1, 0.15) is 34.9 Å². The lowest BCUT2D eigenvalue weighted by molar-refractivity contribution is -0.111. The van der Waals surface area contributed by atoms with Gasteiger partial charge in [-0.3, -0.25) is 14.9 Å². The number of imide groups is 1. The SMILES string of the molecule is CO[C@H](CC/C=C/C(=O)Nc1ccccc1N)[C@H](OC(=O)NC(=O)c1ccccc1)c1ccc(O)cc1. The van der Waals surface area contributed by atoms with Crippen molar-refractivity contribution in [3.8, 4) is 5.75 Å². The summed E-state index contributed by atoms with van der Waals surface area (Å²) in [6.45, 7) is 0. The zero-order chi connectivity index (χ0) is 26.6. The second-order valence-electron chi connectivity index (χ2n) is 8.07. The average Bonchev–Trinajstić information content (AvgIpc) is 2.90. The highest BCUT2D eigenvalue weighted by molar-refractivity contribution is 6.03. The topological polar surface area (TPSA) is 140 Å². The van der Waals surface area contributed by atoms with Crippen molar-refractivity contribution >= 4 is 29.3 Å². The number of phenolic OH excluding ortho intramolecular Hbond substituents is 1. The minimum Gasteiger partial charge on any atom is -0.508 e. The van der Waals surface area contributed by atoms with Crippen LogP contribution in [0.25, 0.3) is 0 Å². The quantitative estimate of drug-likeness (QED) is 0.235. The molecule has 0 aliphatic rings. The van der Waals surface area contributed by atoms with Gasteiger partial charge in [0, 0.05) is 12.7 Å². The first-order chi connectivity index (χ1) is 17.9. The number of allylic oxidation sites excluding steroid dienone is 1. The van der Waals surface area contributed by atoms with Gasteiger partial charge in [0.25, 0.3) is 5.91 Å². The molecule has 0 bridgehead atoms. The van der Waals surface area contributed by atoms with E-state index in [1.807, 2.05) is 0 Å². The molecule has 3 aromatic carbocycles. The summed E-state index contributed by atoms with van der Waals surface area (Å²) in [7, 11) is 1.48. The Hall–Kier alpha value is -4.63. The number of carbonyl (C=O) groups excluding carboxylic acids is 3. The summed E-state index contributed by atoms with van der Waals surface area (Å²) < 4.78 is 11.2. The number of anilines is 2. The first-order valence-electron chi connectivity index (χ1n) is 11.6. The van der Waals surface area contributed by atoms with Crippen LogP contribution in [0.2, 0.25) is 0 Å². The molecule has 2 atom stereocenters. The molecule has 5 N–H and O–H groups in total. The van der Waals surface area contributed by atoms with Crippen LogP contribution in [0, 0.1) is 0 Å². The van der Waals surface area contributed by atoms with Gasteiger partial charge in [0.05, 0.1) is 17.5 Å². The normalized spacial score (nSPS) is 12.5. The third-order valence-corrected chi connectivity index (χ3v) is 5.45. The average molecular weight is 504 g/mol. The van der Waals surface area contributed by atoms with Gasteiger partial charge in [-0.25, -0.2) is 4.79 Å². The Labute approximate surface area is 214 Å². The lowest BCUT2D eigenvalue weighted by Crippen LogP contribution is -2.35. The maximum absolute atomic E-state index is 12.6. The number of nitrogens with two attached hydrogens (primary N) is 1. The van der Waals surface area contributed by atoms with Crippen LogP contribution < -0.4 is 16.4 Å². The summed E-state index contributed by atoms with van der Waals surface area (Å²) in [5, 5.41) is 14.6. The molecule has 0 saturated heterocycles. The van der Waals surface area contributed by atoms with Gasteiger partial charge < -0.3 is 25.6 Å². The van der Waals surface area contributed by atoms with E-state index < -0.39 is 24.2 Å². The Kier molecular flexibility index (Phi) is 9.81. The summed E-state index contributed by atoms with van der Waals surface area (Å²) in [6.07, 6.45) is 1.44. The summed E-state index contributed by atoms with van der Waals surface area (Å²) in [4.78, 5) is 37.1. The lowest BCUT2D eigenvalue weighted by Gasteiger charge is -2.26. The van der Waals surface area contributed by atoms with Crippen molar-refractivity contribution in [2.24, 2.45) is 0 Å². The van der Waals surface area contributed by atoms with E-state index in [4.69, 9.17) is 15.2 Å². The van der Waals surface area contributed by atoms with Gasteiger partial charge in [0.1, 0.15) is 5.75 Å². The van der Waals surface area contributed by atoms with Crippen LogP contribution in [0.3, 0.4) is 0 Å². The molecule has 0 aliphatic heterocycles. The van der Waals surface area contributed by atoms with Gasteiger partial charge >= 0.3 is 6.09 Å². The molecule has 3 aromatic rings. The van der Waals surface area contributed by atoms with Crippen LogP contribution >= 0.6 is 0 Å². The fourth-order valence-electron chi connectivity index (χ4n) is 3.55. The molecule has 0 fully saturated rings. The monoisotopic (exact) mass is 503 g/mol. The van der Waals surface area contributed by atoms with Crippen LogP contribution in [-0.2, 0) is 14.3 Å². The molecule has 3 rings (SSSR count). The maximum Gasteiger partial charge on any atom is 0.414 e. The number of rotatable bonds is 10. The standard InChI is InChI=1S/C28H29N3O6/c1-36-24(13-7-8-14-25(33)30-23-12-6-5-11-22(23)29)26(19-15-17-21(32)18-16-19)37-28(35)31-27(34)20-9-3-2-4-10-20/h2-6,8-12,14-18,24,26,32H,7,13,29H2,1H3,(H,30,33)(H,31,34,35)/b14-8+/t24-,26-/m1/s1. The van der Waals surface area contributed by atoms with Crippen LogP contribution in [0.15, 0.2) is 91.0 Å². The highest BCUT2D eigenvalue weighted by atomic mass is 16.6. The van der Waals surface area contributed by atoms with E-state index >= 15 is 0 Å². The molecule has 0 heterocycles. The van der Waals surface area contributed by atoms with E-state index in [1.54, 1.807) is 72.8 Å². The van der Waals surface area contributed by atoms with E-state index in [0.717, 1.165) is 0 Å². The van der Waals surface area contributed by atoms with Gasteiger partial charge in [0.15, 0.2) is 6.10 Å². The summed E-state index contributed by atoms with van der Waals surface area (Å²) in [6, 6.07) is 21.3. The minimum atomic E-state index is -0.940. The first kappa shape index (κ1) is 27.0. The molecule has 37 heavy (non-hydrogen) atoms.